The van der Waals surface area contributed by atoms with Gasteiger partial charge in [0.1, 0.15) is 17.2 Å². The van der Waals surface area contributed by atoms with Gasteiger partial charge in [0.05, 0.1) is 30.7 Å². The first-order valence-electron chi connectivity index (χ1n) is 12.8. The molecule has 2 aliphatic rings. The number of hydrogen-bond acceptors (Lipinski definition) is 6. The molecule has 3 heterocycles. The lowest BCUT2D eigenvalue weighted by Crippen LogP contribution is -2.32. The summed E-state index contributed by atoms with van der Waals surface area (Å²) in [6.07, 6.45) is 7.85. The molecule has 10 heteroatoms. The number of nitrogens with one attached hydrogen (secondary N) is 1. The molecule has 8 nitrogen and oxygen atoms in total. The molecule has 0 saturated heterocycles. The van der Waals surface area contributed by atoms with Gasteiger partial charge in [-0.15, -0.1) is 0 Å². The number of anilines is 1. The first kappa shape index (κ1) is 24.7. The van der Waals surface area contributed by atoms with Crippen LogP contribution in [0.4, 0.5) is 10.1 Å². The molecular weight excluding hydrogens is 507 g/mol. The molecule has 0 amide bonds. The maximum absolute atomic E-state index is 13.7. The zero-order chi connectivity index (χ0) is 26.3. The summed E-state index contributed by atoms with van der Waals surface area (Å²) in [7, 11) is -3.55. The third-order valence-corrected chi connectivity index (χ3v) is 8.12. The standard InChI is InChI=1S/C28H29FN4O4S/c1-38(34,35)33(15-4-14-32-12-2-3-13-32)24-18-25-23(17-22(24)19-5-6-19)26(28-30-11-16-36-31-28)27(37-25)20-7-9-21(29)10-8-20/h2-3,7-10,12-13,17-19H,4-6,11,14-16H2,1H3,(H,30,31). The van der Waals surface area contributed by atoms with Gasteiger partial charge in [-0.25, -0.2) is 18.3 Å². The fraction of sp³-hybridized carbons (Fsp3) is 0.321. The van der Waals surface area contributed by atoms with Crippen LogP contribution in [0.1, 0.15) is 36.3 Å². The van der Waals surface area contributed by atoms with E-state index in [4.69, 9.17) is 9.25 Å². The van der Waals surface area contributed by atoms with Crippen LogP contribution < -0.4 is 9.79 Å². The topological polar surface area (TPSA) is 89.1 Å². The number of nitrogens with zero attached hydrogens (tertiary/aromatic N) is 3. The number of fused-ring (bicyclic) bond motifs is 1. The van der Waals surface area contributed by atoms with Gasteiger partial charge >= 0.3 is 0 Å². The monoisotopic (exact) mass is 536 g/mol. The van der Waals surface area contributed by atoms with Crippen molar-refractivity contribution >= 4 is 32.5 Å². The number of sulfonamides is 1. The van der Waals surface area contributed by atoms with Gasteiger partial charge in [-0.1, -0.05) is 0 Å². The van der Waals surface area contributed by atoms with Gasteiger partial charge in [0.2, 0.25) is 10.0 Å². The first-order valence-corrected chi connectivity index (χ1v) is 14.6. The smallest absolute Gasteiger partial charge is 0.232 e. The Labute approximate surface area is 220 Å². The number of furan rings is 1. The van der Waals surface area contributed by atoms with Gasteiger partial charge in [0.25, 0.3) is 0 Å². The number of benzene rings is 2. The normalized spacial score (nSPS) is 15.9. The Bertz CT molecular complexity index is 1590. The lowest BCUT2D eigenvalue weighted by Gasteiger charge is -2.25. The molecule has 0 atom stereocenters. The Kier molecular flexibility index (Phi) is 6.45. The minimum absolute atomic E-state index is 0.276. The molecule has 0 unspecified atom stereocenters. The number of aliphatic imine (C=N–C) groups is 1. The molecule has 198 valence electrons. The predicted octanol–water partition coefficient (Wildman–Crippen LogP) is 5.06. The van der Waals surface area contributed by atoms with Crippen LogP contribution in [0.5, 0.6) is 0 Å². The predicted molar refractivity (Wildman–Crippen MR) is 145 cm³/mol. The van der Waals surface area contributed by atoms with E-state index >= 15 is 0 Å². The van der Waals surface area contributed by atoms with Crippen molar-refractivity contribution in [1.29, 1.82) is 0 Å². The van der Waals surface area contributed by atoms with Crippen LogP contribution in [0.2, 0.25) is 0 Å². The SMILES string of the molecule is CS(=O)(=O)N(CCCn1cccc1)c1cc2oc(-c3ccc(F)cc3)c(C3=NCCON3)c2cc1C1CC1. The minimum Gasteiger partial charge on any atom is -0.455 e. The number of amidine groups is 1. The van der Waals surface area contributed by atoms with Crippen LogP contribution in [0, 0.1) is 5.82 Å². The van der Waals surface area contributed by atoms with Crippen molar-refractivity contribution in [3.8, 4) is 11.3 Å². The molecule has 0 bridgehead atoms. The number of rotatable bonds is 9. The molecule has 0 radical (unpaired) electrons. The van der Waals surface area contributed by atoms with Crippen molar-refractivity contribution in [2.24, 2.45) is 4.99 Å². The van der Waals surface area contributed by atoms with Crippen LogP contribution in [0.15, 0.2) is 70.3 Å². The van der Waals surface area contributed by atoms with E-state index in [1.54, 1.807) is 12.1 Å². The lowest BCUT2D eigenvalue weighted by atomic mass is 10.00. The molecule has 2 aromatic carbocycles. The Balaban J connectivity index is 1.48. The Morgan fingerprint density at radius 3 is 2.58 bits per heavy atom. The van der Waals surface area contributed by atoms with E-state index in [1.807, 2.05) is 41.2 Å². The quantitative estimate of drug-likeness (QED) is 0.323. The average molecular weight is 537 g/mol. The molecule has 1 fully saturated rings. The van der Waals surface area contributed by atoms with Crippen LogP contribution in [-0.2, 0) is 21.4 Å². The summed E-state index contributed by atoms with van der Waals surface area (Å²) in [4.78, 5) is 10.1. The first-order chi connectivity index (χ1) is 18.4. The molecule has 6 rings (SSSR count). The summed E-state index contributed by atoms with van der Waals surface area (Å²) in [5.41, 5.74) is 6.48. The summed E-state index contributed by atoms with van der Waals surface area (Å²) in [6.45, 7) is 2.01. The van der Waals surface area contributed by atoms with E-state index in [9.17, 15) is 12.8 Å². The van der Waals surface area contributed by atoms with Crippen LogP contribution in [-0.4, -0.2) is 44.8 Å². The molecule has 1 saturated carbocycles. The number of halogens is 1. The Morgan fingerprint density at radius 2 is 1.92 bits per heavy atom. The largest absolute Gasteiger partial charge is 0.455 e. The van der Waals surface area contributed by atoms with E-state index in [0.717, 1.165) is 29.4 Å². The van der Waals surface area contributed by atoms with Crippen LogP contribution in [0.25, 0.3) is 22.3 Å². The fourth-order valence-corrected chi connectivity index (χ4v) is 5.97. The summed E-state index contributed by atoms with van der Waals surface area (Å²) < 4.78 is 49.7. The van der Waals surface area contributed by atoms with Crippen molar-refractivity contribution in [3.05, 3.63) is 77.9 Å². The highest BCUT2D eigenvalue weighted by Gasteiger charge is 2.33. The van der Waals surface area contributed by atoms with Crippen molar-refractivity contribution in [2.45, 2.75) is 31.7 Å². The van der Waals surface area contributed by atoms with Gasteiger partial charge in [0.15, 0.2) is 5.84 Å². The summed E-state index contributed by atoms with van der Waals surface area (Å²) in [5, 5.41) is 0.813. The minimum atomic E-state index is -3.55. The Morgan fingerprint density at radius 1 is 1.16 bits per heavy atom. The van der Waals surface area contributed by atoms with E-state index in [1.165, 1.54) is 22.7 Å². The maximum atomic E-state index is 13.7. The highest BCUT2D eigenvalue weighted by atomic mass is 32.2. The summed E-state index contributed by atoms with van der Waals surface area (Å²) >= 11 is 0. The maximum Gasteiger partial charge on any atom is 0.232 e. The number of hydrogen-bond donors (Lipinski definition) is 1. The molecule has 1 N–H and O–H groups in total. The van der Waals surface area contributed by atoms with Crippen molar-refractivity contribution < 1.29 is 22.1 Å². The third-order valence-electron chi connectivity index (χ3n) is 6.94. The molecule has 1 aliphatic carbocycles. The summed E-state index contributed by atoms with van der Waals surface area (Å²) in [6, 6.07) is 13.9. The van der Waals surface area contributed by atoms with Crippen LogP contribution in [0.3, 0.4) is 0 Å². The van der Waals surface area contributed by atoms with E-state index in [-0.39, 0.29) is 11.7 Å². The van der Waals surface area contributed by atoms with E-state index in [2.05, 4.69) is 10.5 Å². The zero-order valence-electron chi connectivity index (χ0n) is 21.1. The molecule has 2 aromatic heterocycles. The molecule has 38 heavy (non-hydrogen) atoms. The van der Waals surface area contributed by atoms with Crippen molar-refractivity contribution in [1.82, 2.24) is 10.0 Å². The van der Waals surface area contributed by atoms with Gasteiger partial charge in [-0.3, -0.25) is 14.1 Å². The number of aromatic nitrogens is 1. The molecule has 1 aliphatic heterocycles. The molecule has 0 spiro atoms. The second-order valence-corrected chi connectivity index (χ2v) is 11.7. The highest BCUT2D eigenvalue weighted by Crippen LogP contribution is 2.48. The fourth-order valence-electron chi connectivity index (χ4n) is 4.99. The number of aryl methyl sites for hydroxylation is 1. The van der Waals surface area contributed by atoms with Crippen molar-refractivity contribution in [3.63, 3.8) is 0 Å². The third kappa shape index (κ3) is 4.93. The van der Waals surface area contributed by atoms with Crippen molar-refractivity contribution in [2.75, 3.05) is 30.3 Å². The van der Waals surface area contributed by atoms with Gasteiger partial charge < -0.3 is 8.98 Å². The number of hydroxylamine groups is 1. The van der Waals surface area contributed by atoms with Gasteiger partial charge in [0, 0.05) is 42.5 Å². The second kappa shape index (κ2) is 9.92. The molecule has 4 aromatic rings. The van der Waals surface area contributed by atoms with Crippen LogP contribution >= 0.6 is 0 Å². The summed E-state index contributed by atoms with van der Waals surface area (Å²) in [5.74, 6) is 0.993. The average Bonchev–Trinajstić information content (AvgIpc) is 3.48. The Hall–Kier alpha value is -3.63. The van der Waals surface area contributed by atoms with Gasteiger partial charge in [-0.2, -0.15) is 0 Å². The highest BCUT2D eigenvalue weighted by molar-refractivity contribution is 7.92. The van der Waals surface area contributed by atoms with Gasteiger partial charge in [-0.05, 0) is 73.2 Å². The second-order valence-electron chi connectivity index (χ2n) is 9.78. The van der Waals surface area contributed by atoms with E-state index in [0.29, 0.717) is 61.1 Å². The molecular formula is C28H29FN4O4S. The lowest BCUT2D eigenvalue weighted by molar-refractivity contribution is 0.0827. The zero-order valence-corrected chi connectivity index (χ0v) is 21.9. The van der Waals surface area contributed by atoms with E-state index < -0.39 is 10.0 Å².